The van der Waals surface area contributed by atoms with Crippen LogP contribution in [0.2, 0.25) is 5.02 Å². The van der Waals surface area contributed by atoms with Gasteiger partial charge in [-0.1, -0.05) is 84.4 Å². The molecule has 1 aliphatic rings. The van der Waals surface area contributed by atoms with Crippen LogP contribution in [0.25, 0.3) is 39.6 Å². The number of ether oxygens (including phenoxy) is 1. The molecule has 0 saturated heterocycles. The van der Waals surface area contributed by atoms with Gasteiger partial charge in [-0.2, -0.15) is 0 Å². The van der Waals surface area contributed by atoms with Gasteiger partial charge in [-0.3, -0.25) is 4.57 Å². The molecule has 1 aromatic heterocycles. The number of halogens is 1. The molecule has 6 rings (SSSR count). The van der Waals surface area contributed by atoms with Gasteiger partial charge in [0.25, 0.3) is 0 Å². The average Bonchev–Trinajstić information content (AvgIpc) is 3.16. The van der Waals surface area contributed by atoms with E-state index in [0.29, 0.717) is 5.02 Å². The van der Waals surface area contributed by atoms with Crippen LogP contribution in [0, 0.1) is 0 Å². The van der Waals surface area contributed by atoms with E-state index in [1.165, 1.54) is 0 Å². The maximum absolute atomic E-state index is 6.40. The van der Waals surface area contributed by atoms with Crippen molar-refractivity contribution in [3.8, 4) is 51.1 Å². The average molecular weight is 421 g/mol. The topological polar surface area (TPSA) is 27.1 Å². The van der Waals surface area contributed by atoms with Crippen molar-refractivity contribution in [2.24, 2.45) is 0 Å². The first-order valence-corrected chi connectivity index (χ1v) is 10.5. The molecule has 148 valence electrons. The zero-order chi connectivity index (χ0) is 20.8. The zero-order valence-electron chi connectivity index (χ0n) is 16.5. The summed E-state index contributed by atoms with van der Waals surface area (Å²) in [6.07, 6.45) is 0. The molecule has 0 bridgehead atoms. The summed E-state index contributed by atoms with van der Waals surface area (Å²) in [7, 11) is 0. The summed E-state index contributed by atoms with van der Waals surface area (Å²) in [5, 5.41) is 0.644. The highest BCUT2D eigenvalue weighted by atomic mass is 35.5. The molecule has 0 radical (unpaired) electrons. The minimum Gasteiger partial charge on any atom is -0.454 e. The minimum absolute atomic E-state index is 0.644. The van der Waals surface area contributed by atoms with Crippen molar-refractivity contribution in [3.63, 3.8) is 0 Å². The summed E-state index contributed by atoms with van der Waals surface area (Å²) in [5.41, 5.74) is 5.89. The van der Waals surface area contributed by atoms with Crippen LogP contribution in [0.15, 0.2) is 103 Å². The number of imidazole rings is 1. The number of rotatable bonds is 2. The summed E-state index contributed by atoms with van der Waals surface area (Å²) in [4.78, 5) is 5.16. The van der Waals surface area contributed by atoms with Crippen molar-refractivity contribution in [2.75, 3.05) is 0 Å². The molecule has 1 aliphatic heterocycles. The molecule has 5 aromatic rings. The second kappa shape index (κ2) is 7.15. The third-order valence-corrected chi connectivity index (χ3v) is 5.72. The molecule has 0 amide bonds. The lowest BCUT2D eigenvalue weighted by molar-refractivity contribution is 0.485. The molecule has 0 spiro atoms. The first-order valence-electron chi connectivity index (χ1n) is 10.1. The third kappa shape index (κ3) is 2.94. The molecule has 0 atom stereocenters. The summed E-state index contributed by atoms with van der Waals surface area (Å²) in [6, 6.07) is 34.4. The molecule has 0 saturated carbocycles. The van der Waals surface area contributed by atoms with Gasteiger partial charge in [0, 0.05) is 16.1 Å². The number of benzene rings is 4. The number of para-hydroxylation sites is 2. The van der Waals surface area contributed by atoms with Gasteiger partial charge >= 0.3 is 0 Å². The fraction of sp³-hybridized carbons (Fsp3) is 0. The van der Waals surface area contributed by atoms with Crippen LogP contribution in [0.1, 0.15) is 0 Å². The van der Waals surface area contributed by atoms with Crippen LogP contribution < -0.4 is 4.74 Å². The second-order valence-electron chi connectivity index (χ2n) is 7.41. The standard InChI is InChI=1S/C27H17ClN2O/c28-20-15-16-23-21(17-20)27-29-25(18-9-3-1-4-10-18)26(19-11-5-2-6-12-19)30(27)22-13-7-8-14-24(22)31-23/h1-17H. The summed E-state index contributed by atoms with van der Waals surface area (Å²) < 4.78 is 8.50. The van der Waals surface area contributed by atoms with Crippen LogP contribution in [-0.4, -0.2) is 9.55 Å². The van der Waals surface area contributed by atoms with Crippen molar-refractivity contribution < 1.29 is 4.74 Å². The molecular formula is C27H17ClN2O. The highest BCUT2D eigenvalue weighted by molar-refractivity contribution is 6.31. The Hall–Kier alpha value is -3.82. The molecule has 0 unspecified atom stereocenters. The number of nitrogens with zero attached hydrogens (tertiary/aromatic N) is 2. The summed E-state index contributed by atoms with van der Waals surface area (Å²) in [5.74, 6) is 2.32. The van der Waals surface area contributed by atoms with E-state index >= 15 is 0 Å². The normalized spacial score (nSPS) is 11.6. The van der Waals surface area contributed by atoms with Gasteiger partial charge in [0.2, 0.25) is 0 Å². The van der Waals surface area contributed by atoms with Crippen molar-refractivity contribution in [1.82, 2.24) is 9.55 Å². The third-order valence-electron chi connectivity index (χ3n) is 5.48. The van der Waals surface area contributed by atoms with Crippen molar-refractivity contribution in [1.29, 1.82) is 0 Å². The molecule has 4 heteroatoms. The number of hydrogen-bond acceptors (Lipinski definition) is 2. The Balaban J connectivity index is 1.78. The summed E-state index contributed by atoms with van der Waals surface area (Å²) in [6.45, 7) is 0. The smallest absolute Gasteiger partial charge is 0.151 e. The van der Waals surface area contributed by atoms with Crippen molar-refractivity contribution in [3.05, 3.63) is 108 Å². The molecule has 0 fully saturated rings. The van der Waals surface area contributed by atoms with Gasteiger partial charge < -0.3 is 4.74 Å². The highest BCUT2D eigenvalue weighted by Crippen LogP contribution is 2.46. The van der Waals surface area contributed by atoms with Gasteiger partial charge in [0.05, 0.1) is 22.6 Å². The highest BCUT2D eigenvalue weighted by Gasteiger charge is 2.28. The molecule has 2 heterocycles. The van der Waals surface area contributed by atoms with E-state index in [1.54, 1.807) is 0 Å². The molecule has 31 heavy (non-hydrogen) atoms. The first kappa shape index (κ1) is 18.0. The van der Waals surface area contributed by atoms with E-state index in [0.717, 1.165) is 51.1 Å². The van der Waals surface area contributed by atoms with E-state index in [2.05, 4.69) is 34.9 Å². The van der Waals surface area contributed by atoms with Crippen LogP contribution >= 0.6 is 11.6 Å². The van der Waals surface area contributed by atoms with Gasteiger partial charge in [-0.05, 0) is 30.3 Å². The van der Waals surface area contributed by atoms with E-state index in [-0.39, 0.29) is 0 Å². The monoisotopic (exact) mass is 420 g/mol. The van der Waals surface area contributed by atoms with Gasteiger partial charge in [0.1, 0.15) is 11.6 Å². The molecular weight excluding hydrogens is 404 g/mol. The first-order chi connectivity index (χ1) is 15.3. The Bertz CT molecular complexity index is 1410. The lowest BCUT2D eigenvalue weighted by Gasteiger charge is -2.13. The number of aromatic nitrogens is 2. The Morgan fingerprint density at radius 2 is 1.35 bits per heavy atom. The fourth-order valence-corrected chi connectivity index (χ4v) is 4.28. The van der Waals surface area contributed by atoms with Gasteiger partial charge in [0.15, 0.2) is 5.75 Å². The second-order valence-corrected chi connectivity index (χ2v) is 7.85. The predicted molar refractivity (Wildman–Crippen MR) is 125 cm³/mol. The van der Waals surface area contributed by atoms with Gasteiger partial charge in [-0.15, -0.1) is 0 Å². The number of fused-ring (bicyclic) bond motifs is 5. The lowest BCUT2D eigenvalue weighted by atomic mass is 10.0. The fourth-order valence-electron chi connectivity index (χ4n) is 4.11. The van der Waals surface area contributed by atoms with Gasteiger partial charge in [-0.25, -0.2) is 4.98 Å². The lowest BCUT2D eigenvalue weighted by Crippen LogP contribution is -1.99. The Kier molecular flexibility index (Phi) is 4.15. The van der Waals surface area contributed by atoms with Crippen molar-refractivity contribution in [2.45, 2.75) is 0 Å². The van der Waals surface area contributed by atoms with E-state index in [9.17, 15) is 0 Å². The Morgan fingerprint density at radius 1 is 0.677 bits per heavy atom. The quantitative estimate of drug-likeness (QED) is 0.288. The van der Waals surface area contributed by atoms with E-state index in [4.69, 9.17) is 21.3 Å². The minimum atomic E-state index is 0.644. The Labute approximate surface area is 185 Å². The molecule has 4 aromatic carbocycles. The van der Waals surface area contributed by atoms with Crippen molar-refractivity contribution >= 4 is 11.6 Å². The maximum atomic E-state index is 6.40. The van der Waals surface area contributed by atoms with Crippen LogP contribution in [0.3, 0.4) is 0 Å². The van der Waals surface area contributed by atoms with E-state index in [1.807, 2.05) is 72.8 Å². The number of hydrogen-bond donors (Lipinski definition) is 0. The van der Waals surface area contributed by atoms with Crippen LogP contribution in [-0.2, 0) is 0 Å². The SMILES string of the molecule is Clc1ccc2c(c1)-c1nc(-c3ccccc3)c(-c3ccccc3)n1-c1ccccc1O2. The molecule has 3 nitrogen and oxygen atoms in total. The molecule has 0 aliphatic carbocycles. The van der Waals surface area contributed by atoms with Crippen LogP contribution in [0.5, 0.6) is 11.5 Å². The van der Waals surface area contributed by atoms with Crippen LogP contribution in [0.4, 0.5) is 0 Å². The zero-order valence-corrected chi connectivity index (χ0v) is 17.3. The van der Waals surface area contributed by atoms with E-state index < -0.39 is 0 Å². The predicted octanol–water partition coefficient (Wildman–Crippen LogP) is 7.63. The molecule has 0 N–H and O–H groups in total. The summed E-state index contributed by atoms with van der Waals surface area (Å²) >= 11 is 6.40. The largest absolute Gasteiger partial charge is 0.454 e. The maximum Gasteiger partial charge on any atom is 0.151 e. The Morgan fingerprint density at radius 3 is 2.13 bits per heavy atom.